The highest BCUT2D eigenvalue weighted by atomic mass is 16.3. The second-order valence-corrected chi connectivity index (χ2v) is 5.17. The fourth-order valence-corrected chi connectivity index (χ4v) is 2.48. The van der Waals surface area contributed by atoms with Gasteiger partial charge in [0.15, 0.2) is 0 Å². The van der Waals surface area contributed by atoms with Crippen molar-refractivity contribution in [3.8, 4) is 0 Å². The number of nitrogens with zero attached hydrogens (tertiary/aromatic N) is 1. The first-order valence-electron chi connectivity index (χ1n) is 6.90. The van der Waals surface area contributed by atoms with E-state index >= 15 is 0 Å². The quantitative estimate of drug-likeness (QED) is 0.844. The van der Waals surface area contributed by atoms with Gasteiger partial charge in [0.05, 0.1) is 6.61 Å². The minimum atomic E-state index is -0.409. The van der Waals surface area contributed by atoms with E-state index in [2.05, 4.69) is 22.3 Å². The summed E-state index contributed by atoms with van der Waals surface area (Å²) in [7, 11) is 0. The zero-order chi connectivity index (χ0) is 13.7. The largest absolute Gasteiger partial charge is 0.394 e. The molecule has 19 heavy (non-hydrogen) atoms. The minimum absolute atomic E-state index is 0.0550. The van der Waals surface area contributed by atoms with E-state index in [-0.39, 0.29) is 18.6 Å². The third-order valence-corrected chi connectivity index (χ3v) is 3.68. The van der Waals surface area contributed by atoms with Crippen molar-refractivity contribution in [3.05, 3.63) is 35.9 Å². The van der Waals surface area contributed by atoms with Gasteiger partial charge in [0.25, 0.3) is 0 Å². The number of hydrogen-bond acceptors (Lipinski definition) is 3. The summed E-state index contributed by atoms with van der Waals surface area (Å²) in [4.78, 5) is 14.1. The molecule has 1 fully saturated rings. The van der Waals surface area contributed by atoms with Crippen molar-refractivity contribution in [1.29, 1.82) is 0 Å². The van der Waals surface area contributed by atoms with E-state index in [1.165, 1.54) is 5.56 Å². The van der Waals surface area contributed by atoms with Gasteiger partial charge in [-0.2, -0.15) is 0 Å². The van der Waals surface area contributed by atoms with E-state index in [4.69, 9.17) is 0 Å². The van der Waals surface area contributed by atoms with Gasteiger partial charge in [-0.25, -0.2) is 0 Å². The van der Waals surface area contributed by atoms with Gasteiger partial charge in [0, 0.05) is 19.1 Å². The Kier molecular flexibility index (Phi) is 4.93. The molecule has 1 aliphatic heterocycles. The Labute approximate surface area is 114 Å². The molecule has 1 aromatic carbocycles. The lowest BCUT2D eigenvalue weighted by molar-refractivity contribution is -0.127. The number of aliphatic hydroxyl groups excluding tert-OH is 1. The molecule has 4 nitrogen and oxygen atoms in total. The predicted molar refractivity (Wildman–Crippen MR) is 74.8 cm³/mol. The van der Waals surface area contributed by atoms with Gasteiger partial charge in [0.2, 0.25) is 5.91 Å². The molecule has 1 aliphatic rings. The van der Waals surface area contributed by atoms with Gasteiger partial charge in [0.1, 0.15) is 6.04 Å². The van der Waals surface area contributed by atoms with Crippen molar-refractivity contribution in [2.75, 3.05) is 19.7 Å². The van der Waals surface area contributed by atoms with Gasteiger partial charge in [-0.15, -0.1) is 0 Å². The number of benzene rings is 1. The van der Waals surface area contributed by atoms with Crippen LogP contribution in [0.5, 0.6) is 0 Å². The molecular formula is C15H22N2O2. The lowest BCUT2D eigenvalue weighted by Gasteiger charge is -2.26. The van der Waals surface area contributed by atoms with Crippen molar-refractivity contribution in [3.63, 3.8) is 0 Å². The Balaban J connectivity index is 1.98. The number of carbonyl (C=O) groups excluding carboxylic acids is 1. The molecule has 0 spiro atoms. The van der Waals surface area contributed by atoms with E-state index in [0.717, 1.165) is 25.9 Å². The molecule has 104 valence electrons. The second-order valence-electron chi connectivity index (χ2n) is 5.17. The van der Waals surface area contributed by atoms with Crippen LogP contribution in [0.4, 0.5) is 0 Å². The second kappa shape index (κ2) is 6.68. The van der Waals surface area contributed by atoms with E-state index in [0.29, 0.717) is 0 Å². The molecule has 2 unspecified atom stereocenters. The molecule has 0 bridgehead atoms. The molecule has 1 heterocycles. The van der Waals surface area contributed by atoms with Crippen LogP contribution in [0, 0.1) is 0 Å². The summed E-state index contributed by atoms with van der Waals surface area (Å²) < 4.78 is 0. The average Bonchev–Trinajstić information content (AvgIpc) is 2.55. The Hall–Kier alpha value is -1.39. The lowest BCUT2D eigenvalue weighted by atomic mass is 10.1. The number of amides is 1. The first-order chi connectivity index (χ1) is 9.20. The molecule has 1 aromatic rings. The molecule has 1 saturated heterocycles. The van der Waals surface area contributed by atoms with Crippen LogP contribution in [0.3, 0.4) is 0 Å². The van der Waals surface area contributed by atoms with Crippen LogP contribution in [-0.4, -0.2) is 47.7 Å². The summed E-state index contributed by atoms with van der Waals surface area (Å²) in [5, 5.41) is 12.4. The number of hydrogen-bond donors (Lipinski definition) is 2. The van der Waals surface area contributed by atoms with Crippen LogP contribution >= 0.6 is 0 Å². The zero-order valence-corrected chi connectivity index (χ0v) is 11.4. The third kappa shape index (κ3) is 3.78. The minimum Gasteiger partial charge on any atom is -0.394 e. The van der Waals surface area contributed by atoms with E-state index in [9.17, 15) is 9.90 Å². The van der Waals surface area contributed by atoms with Crippen molar-refractivity contribution in [2.24, 2.45) is 0 Å². The van der Waals surface area contributed by atoms with Crippen LogP contribution in [0.15, 0.2) is 30.3 Å². The number of carbonyl (C=O) groups is 1. The summed E-state index contributed by atoms with van der Waals surface area (Å²) in [6.45, 7) is 3.54. The standard InChI is InChI=1S/C15H22N2O2/c1-12-7-9-17(14(11-18)15(19)16-12)10-8-13-5-3-2-4-6-13/h2-6,12,14,18H,7-11H2,1H3,(H,16,19). The van der Waals surface area contributed by atoms with E-state index in [1.54, 1.807) is 0 Å². The lowest BCUT2D eigenvalue weighted by Crippen LogP contribution is -2.48. The van der Waals surface area contributed by atoms with Crippen LogP contribution in [0.2, 0.25) is 0 Å². The maximum absolute atomic E-state index is 12.0. The van der Waals surface area contributed by atoms with Crippen LogP contribution in [0.25, 0.3) is 0 Å². The summed E-state index contributed by atoms with van der Waals surface area (Å²) in [5.41, 5.74) is 1.26. The van der Waals surface area contributed by atoms with Gasteiger partial charge in [-0.1, -0.05) is 30.3 Å². The monoisotopic (exact) mass is 262 g/mol. The van der Waals surface area contributed by atoms with Crippen molar-refractivity contribution in [2.45, 2.75) is 31.8 Å². The van der Waals surface area contributed by atoms with Gasteiger partial charge in [-0.05, 0) is 25.3 Å². The summed E-state index contributed by atoms with van der Waals surface area (Å²) >= 11 is 0. The molecule has 0 aromatic heterocycles. The summed E-state index contributed by atoms with van der Waals surface area (Å²) in [6.07, 6.45) is 1.83. The average molecular weight is 262 g/mol. The molecule has 0 aliphatic carbocycles. The Bertz CT molecular complexity index is 408. The van der Waals surface area contributed by atoms with E-state index in [1.807, 2.05) is 25.1 Å². The summed E-state index contributed by atoms with van der Waals surface area (Å²) in [6, 6.07) is 10.0. The van der Waals surface area contributed by atoms with E-state index < -0.39 is 6.04 Å². The van der Waals surface area contributed by atoms with Gasteiger partial charge in [-0.3, -0.25) is 9.69 Å². The van der Waals surface area contributed by atoms with Crippen molar-refractivity contribution in [1.82, 2.24) is 10.2 Å². The molecule has 2 atom stereocenters. The Morgan fingerprint density at radius 1 is 1.37 bits per heavy atom. The number of rotatable bonds is 4. The van der Waals surface area contributed by atoms with Crippen molar-refractivity contribution < 1.29 is 9.90 Å². The van der Waals surface area contributed by atoms with Gasteiger partial charge >= 0.3 is 0 Å². The molecule has 0 radical (unpaired) electrons. The first kappa shape index (κ1) is 14.0. The number of nitrogens with one attached hydrogen (secondary N) is 1. The Morgan fingerprint density at radius 3 is 2.79 bits per heavy atom. The molecule has 4 heteroatoms. The van der Waals surface area contributed by atoms with Crippen molar-refractivity contribution >= 4 is 5.91 Å². The predicted octanol–water partition coefficient (Wildman–Crippen LogP) is 0.800. The van der Waals surface area contributed by atoms with Crippen LogP contribution in [-0.2, 0) is 11.2 Å². The first-order valence-corrected chi connectivity index (χ1v) is 6.90. The molecule has 0 saturated carbocycles. The zero-order valence-electron chi connectivity index (χ0n) is 11.4. The SMILES string of the molecule is CC1CCN(CCc2ccccc2)C(CO)C(=O)N1. The molecule has 2 rings (SSSR count). The smallest absolute Gasteiger partial charge is 0.239 e. The maximum atomic E-state index is 12.0. The highest BCUT2D eigenvalue weighted by Gasteiger charge is 2.29. The molecular weight excluding hydrogens is 240 g/mol. The fraction of sp³-hybridized carbons (Fsp3) is 0.533. The summed E-state index contributed by atoms with van der Waals surface area (Å²) in [5.74, 6) is -0.0550. The molecule has 1 amide bonds. The molecule has 2 N–H and O–H groups in total. The van der Waals surface area contributed by atoms with Gasteiger partial charge < -0.3 is 10.4 Å². The fourth-order valence-electron chi connectivity index (χ4n) is 2.48. The number of aliphatic hydroxyl groups is 1. The normalized spacial score (nSPS) is 24.8. The van der Waals surface area contributed by atoms with Crippen LogP contribution in [0.1, 0.15) is 18.9 Å². The highest BCUT2D eigenvalue weighted by molar-refractivity contribution is 5.82. The Morgan fingerprint density at radius 2 is 2.11 bits per heavy atom. The third-order valence-electron chi connectivity index (χ3n) is 3.68. The topological polar surface area (TPSA) is 52.6 Å². The van der Waals surface area contributed by atoms with Crippen LogP contribution < -0.4 is 5.32 Å². The maximum Gasteiger partial charge on any atom is 0.239 e. The highest BCUT2D eigenvalue weighted by Crippen LogP contribution is 2.10.